The zero-order chi connectivity index (χ0) is 15.3. The molecule has 112 valence electrons. The lowest BCUT2D eigenvalue weighted by molar-refractivity contribution is -0.384. The normalized spacial score (nSPS) is 13.8. The van der Waals surface area contributed by atoms with Gasteiger partial charge in [-0.05, 0) is 24.8 Å². The van der Waals surface area contributed by atoms with Gasteiger partial charge in [0.25, 0.3) is 5.69 Å². The highest BCUT2D eigenvalue weighted by Gasteiger charge is 2.24. The third kappa shape index (κ3) is 3.88. The Labute approximate surface area is 117 Å². The lowest BCUT2D eigenvalue weighted by Crippen LogP contribution is -2.22. The number of benzene rings is 1. The van der Waals surface area contributed by atoms with E-state index in [1.807, 2.05) is 13.8 Å². The Bertz CT molecular complexity index is 480. The van der Waals surface area contributed by atoms with Gasteiger partial charge >= 0.3 is 0 Å². The van der Waals surface area contributed by atoms with Crippen LogP contribution in [-0.2, 0) is 0 Å². The number of rotatable bonds is 7. The molecule has 0 aromatic heterocycles. The molecule has 0 bridgehead atoms. The lowest BCUT2D eigenvalue weighted by Gasteiger charge is -2.21. The van der Waals surface area contributed by atoms with Gasteiger partial charge in [0, 0.05) is 12.1 Å². The predicted molar refractivity (Wildman–Crippen MR) is 74.8 cm³/mol. The van der Waals surface area contributed by atoms with Gasteiger partial charge in [-0.15, -0.1) is 0 Å². The van der Waals surface area contributed by atoms with Crippen LogP contribution in [0.2, 0.25) is 0 Å². The topological polar surface area (TPSA) is 55.2 Å². The minimum atomic E-state index is -1.19. The smallest absolute Gasteiger partial charge is 0.295 e. The first-order valence-corrected chi connectivity index (χ1v) is 6.79. The number of hydrogen-bond acceptors (Lipinski definition) is 3. The van der Waals surface area contributed by atoms with Crippen LogP contribution in [0.15, 0.2) is 12.1 Å². The third-order valence-electron chi connectivity index (χ3n) is 3.49. The van der Waals surface area contributed by atoms with E-state index >= 15 is 0 Å². The highest BCUT2D eigenvalue weighted by Crippen LogP contribution is 2.31. The van der Waals surface area contributed by atoms with E-state index in [9.17, 15) is 18.9 Å². The van der Waals surface area contributed by atoms with Crippen molar-refractivity contribution in [2.75, 3.05) is 5.32 Å². The minimum Gasteiger partial charge on any atom is -0.374 e. The van der Waals surface area contributed by atoms with Gasteiger partial charge in [0.15, 0.2) is 17.3 Å². The molecule has 0 aliphatic rings. The number of halogens is 2. The maximum absolute atomic E-state index is 13.8. The van der Waals surface area contributed by atoms with Gasteiger partial charge in [0.05, 0.1) is 4.92 Å². The van der Waals surface area contributed by atoms with E-state index in [0.717, 1.165) is 25.0 Å². The Morgan fingerprint density at radius 3 is 2.45 bits per heavy atom. The van der Waals surface area contributed by atoms with Gasteiger partial charge in [0.1, 0.15) is 0 Å². The summed E-state index contributed by atoms with van der Waals surface area (Å²) in [6, 6.07) is 1.63. The first-order chi connectivity index (χ1) is 9.40. The van der Waals surface area contributed by atoms with Crippen LogP contribution in [0.25, 0.3) is 0 Å². The number of nitrogens with zero attached hydrogens (tertiary/aromatic N) is 1. The summed E-state index contributed by atoms with van der Waals surface area (Å²) >= 11 is 0. The van der Waals surface area contributed by atoms with Gasteiger partial charge in [-0.2, -0.15) is 0 Å². The van der Waals surface area contributed by atoms with Gasteiger partial charge in [0.2, 0.25) is 0 Å². The number of anilines is 1. The van der Waals surface area contributed by atoms with E-state index in [1.54, 1.807) is 0 Å². The van der Waals surface area contributed by atoms with Crippen LogP contribution in [0.4, 0.5) is 20.2 Å². The molecule has 0 fully saturated rings. The molecule has 0 heterocycles. The van der Waals surface area contributed by atoms with Gasteiger partial charge in [-0.25, -0.2) is 8.78 Å². The fourth-order valence-electron chi connectivity index (χ4n) is 2.01. The fraction of sp³-hybridized carbons (Fsp3) is 0.571. The summed E-state index contributed by atoms with van der Waals surface area (Å²) in [4.78, 5) is 10.2. The van der Waals surface area contributed by atoms with Crippen molar-refractivity contribution in [3.63, 3.8) is 0 Å². The van der Waals surface area contributed by atoms with Crippen molar-refractivity contribution in [3.8, 4) is 0 Å². The average Bonchev–Trinajstić information content (AvgIpc) is 2.42. The Kier molecular flexibility index (Phi) is 5.85. The molecular formula is C14H20F2N2O2. The highest BCUT2D eigenvalue weighted by atomic mass is 19.2. The largest absolute Gasteiger partial charge is 0.374 e. The Hall–Kier alpha value is -1.72. The number of nitro groups is 1. The first kappa shape index (κ1) is 16.3. The molecule has 0 aliphatic carbocycles. The maximum Gasteiger partial charge on any atom is 0.295 e. The van der Waals surface area contributed by atoms with E-state index in [0.29, 0.717) is 12.3 Å². The van der Waals surface area contributed by atoms with Crippen molar-refractivity contribution in [2.24, 2.45) is 5.92 Å². The Balaban J connectivity index is 3.05. The predicted octanol–water partition coefficient (Wildman–Crippen LogP) is 4.50. The minimum absolute atomic E-state index is 0.125. The second-order valence-electron chi connectivity index (χ2n) is 5.01. The lowest BCUT2D eigenvalue weighted by atomic mass is 9.97. The summed E-state index contributed by atoms with van der Waals surface area (Å²) < 4.78 is 27.1. The van der Waals surface area contributed by atoms with Crippen LogP contribution < -0.4 is 5.32 Å². The molecule has 4 nitrogen and oxygen atoms in total. The molecule has 2 atom stereocenters. The number of nitrogens with one attached hydrogen (secondary N) is 1. The maximum atomic E-state index is 13.8. The Morgan fingerprint density at radius 1 is 1.30 bits per heavy atom. The van der Waals surface area contributed by atoms with Crippen LogP contribution in [0.3, 0.4) is 0 Å². The third-order valence-corrected chi connectivity index (χ3v) is 3.49. The fourth-order valence-corrected chi connectivity index (χ4v) is 2.01. The van der Waals surface area contributed by atoms with Crippen LogP contribution in [0.1, 0.15) is 40.0 Å². The molecule has 0 amide bonds. The summed E-state index contributed by atoms with van der Waals surface area (Å²) in [5, 5.41) is 13.7. The SMILES string of the molecule is CCC(C)CC(CC)Nc1c([N+](=O)[O-])ccc(F)c1F. The quantitative estimate of drug-likeness (QED) is 0.593. The van der Waals surface area contributed by atoms with E-state index in [4.69, 9.17) is 0 Å². The first-order valence-electron chi connectivity index (χ1n) is 6.79. The van der Waals surface area contributed by atoms with E-state index in [2.05, 4.69) is 12.2 Å². The molecule has 2 unspecified atom stereocenters. The van der Waals surface area contributed by atoms with Crippen molar-refractivity contribution < 1.29 is 13.7 Å². The van der Waals surface area contributed by atoms with Crippen molar-refractivity contribution in [3.05, 3.63) is 33.9 Å². The average molecular weight is 286 g/mol. The van der Waals surface area contributed by atoms with E-state index in [1.165, 1.54) is 0 Å². The zero-order valence-corrected chi connectivity index (χ0v) is 12.0. The molecular weight excluding hydrogens is 266 g/mol. The molecule has 6 heteroatoms. The van der Waals surface area contributed by atoms with Gasteiger partial charge in [-0.1, -0.05) is 27.2 Å². The summed E-state index contributed by atoms with van der Waals surface area (Å²) in [6.45, 7) is 6.01. The summed E-state index contributed by atoms with van der Waals surface area (Å²) in [5.74, 6) is -1.87. The Morgan fingerprint density at radius 2 is 1.95 bits per heavy atom. The van der Waals surface area contributed by atoms with E-state index < -0.39 is 22.2 Å². The summed E-state index contributed by atoms with van der Waals surface area (Å²) in [7, 11) is 0. The van der Waals surface area contributed by atoms with Crippen molar-refractivity contribution in [1.82, 2.24) is 0 Å². The molecule has 20 heavy (non-hydrogen) atoms. The van der Waals surface area contributed by atoms with Crippen LogP contribution in [0, 0.1) is 27.7 Å². The molecule has 0 saturated heterocycles. The standard InChI is InChI=1S/C14H20F2N2O2/c1-4-9(3)8-10(5-2)17-14-12(18(19)20)7-6-11(15)13(14)16/h6-7,9-10,17H,4-5,8H2,1-3H3. The van der Waals surface area contributed by atoms with Crippen LogP contribution in [-0.4, -0.2) is 11.0 Å². The van der Waals surface area contributed by atoms with Gasteiger partial charge < -0.3 is 5.32 Å². The molecule has 1 aromatic carbocycles. The molecule has 0 aliphatic heterocycles. The van der Waals surface area contributed by atoms with Crippen LogP contribution in [0.5, 0.6) is 0 Å². The number of nitro benzene ring substituents is 1. The summed E-state index contributed by atoms with van der Waals surface area (Å²) in [5.41, 5.74) is -0.795. The molecule has 1 N–H and O–H groups in total. The molecule has 0 spiro atoms. The molecule has 0 radical (unpaired) electrons. The number of hydrogen-bond donors (Lipinski definition) is 1. The second kappa shape index (κ2) is 7.17. The van der Waals surface area contributed by atoms with Crippen molar-refractivity contribution >= 4 is 11.4 Å². The highest BCUT2D eigenvalue weighted by molar-refractivity contribution is 5.63. The second-order valence-corrected chi connectivity index (χ2v) is 5.01. The molecule has 1 aromatic rings. The zero-order valence-electron chi connectivity index (χ0n) is 12.0. The van der Waals surface area contributed by atoms with Crippen molar-refractivity contribution in [1.29, 1.82) is 0 Å². The van der Waals surface area contributed by atoms with Crippen molar-refractivity contribution in [2.45, 2.75) is 46.1 Å². The van der Waals surface area contributed by atoms with Crippen LogP contribution >= 0.6 is 0 Å². The van der Waals surface area contributed by atoms with Gasteiger partial charge in [-0.3, -0.25) is 10.1 Å². The summed E-state index contributed by atoms with van der Waals surface area (Å²) in [6.07, 6.45) is 2.39. The van der Waals surface area contributed by atoms with E-state index in [-0.39, 0.29) is 11.7 Å². The monoisotopic (exact) mass is 286 g/mol. The molecule has 0 saturated carbocycles. The molecule has 1 rings (SSSR count).